The molecule has 1 atom stereocenters. The number of ether oxygens (including phenoxy) is 2. The first-order chi connectivity index (χ1) is 24.6. The van der Waals surface area contributed by atoms with Crippen LogP contribution < -0.4 is 20.1 Å². The Hall–Kier alpha value is -5.17. The molecule has 1 saturated heterocycles. The highest BCUT2D eigenvalue weighted by Crippen LogP contribution is 2.45. The Morgan fingerprint density at radius 2 is 1.76 bits per heavy atom. The van der Waals surface area contributed by atoms with Crippen LogP contribution in [-0.4, -0.2) is 77.6 Å². The number of aromatic hydroxyl groups is 2. The standard InChI is InChI=1S/C38H42FN3O6.CH2O2/c1-42-17-15-38(16-18-42,27-7-3-2-4-8-27)30-20-25(9-13-32(30)43)6-5-19-47-28-11-10-26(31(39)21-28)22-40-23-34(45)29-12-14-33(44)36-37(29)48-24-35(46)41-36;2-1-3/h2-4,7-14,20-21,34,40,43-45H,5-6,15-19,22-24H2,1H3,(H,41,46);1H,(H,2,3)/t34-;/m0./s1. The fourth-order valence-electron chi connectivity index (χ4n) is 6.71. The third-order valence-electron chi connectivity index (χ3n) is 9.44. The molecule has 2 aliphatic rings. The normalized spacial score (nSPS) is 15.7. The van der Waals surface area contributed by atoms with Crippen molar-refractivity contribution in [1.29, 1.82) is 0 Å². The van der Waals surface area contributed by atoms with E-state index in [0.717, 1.165) is 49.9 Å². The smallest absolute Gasteiger partial charge is 0.290 e. The van der Waals surface area contributed by atoms with E-state index in [1.807, 2.05) is 12.1 Å². The van der Waals surface area contributed by atoms with Crippen LogP contribution in [0.4, 0.5) is 10.1 Å². The predicted molar refractivity (Wildman–Crippen MR) is 190 cm³/mol. The lowest BCUT2D eigenvalue weighted by Gasteiger charge is -2.42. The summed E-state index contributed by atoms with van der Waals surface area (Å²) in [6, 6.07) is 24.1. The monoisotopic (exact) mass is 701 g/mol. The Morgan fingerprint density at radius 1 is 1.04 bits per heavy atom. The van der Waals surface area contributed by atoms with Gasteiger partial charge in [0.2, 0.25) is 0 Å². The van der Waals surface area contributed by atoms with E-state index in [1.54, 1.807) is 18.2 Å². The molecule has 0 aromatic heterocycles. The van der Waals surface area contributed by atoms with E-state index in [2.05, 4.69) is 52.9 Å². The second-order valence-corrected chi connectivity index (χ2v) is 12.8. The maximum absolute atomic E-state index is 14.9. The first kappa shape index (κ1) is 37.1. The molecule has 2 heterocycles. The third-order valence-corrected chi connectivity index (χ3v) is 9.44. The molecule has 2 aliphatic heterocycles. The van der Waals surface area contributed by atoms with Gasteiger partial charge in [0.15, 0.2) is 12.4 Å². The van der Waals surface area contributed by atoms with E-state index >= 15 is 0 Å². The molecule has 270 valence electrons. The predicted octanol–water partition coefficient (Wildman–Crippen LogP) is 5.12. The highest BCUT2D eigenvalue weighted by Gasteiger charge is 2.39. The van der Waals surface area contributed by atoms with Gasteiger partial charge in [-0.05, 0) is 81.2 Å². The topological polar surface area (TPSA) is 161 Å². The maximum Gasteiger partial charge on any atom is 0.290 e. The molecule has 0 unspecified atom stereocenters. The number of hydrogen-bond acceptors (Lipinski definition) is 9. The zero-order chi connectivity index (χ0) is 36.4. The molecule has 6 rings (SSSR count). The number of benzene rings is 4. The second-order valence-electron chi connectivity index (χ2n) is 12.8. The van der Waals surface area contributed by atoms with Crippen LogP contribution in [0.25, 0.3) is 0 Å². The molecule has 0 radical (unpaired) electrons. The van der Waals surface area contributed by atoms with Gasteiger partial charge in [0.05, 0.1) is 12.7 Å². The van der Waals surface area contributed by atoms with Crippen molar-refractivity contribution >= 4 is 18.1 Å². The van der Waals surface area contributed by atoms with E-state index in [9.17, 15) is 24.5 Å². The van der Waals surface area contributed by atoms with E-state index < -0.39 is 17.8 Å². The van der Waals surface area contributed by atoms with Crippen LogP contribution in [0.15, 0.2) is 78.9 Å². The molecule has 1 fully saturated rings. The summed E-state index contributed by atoms with van der Waals surface area (Å²) in [5.41, 5.74) is 4.04. The number of halogens is 1. The fourth-order valence-corrected chi connectivity index (χ4v) is 6.71. The van der Waals surface area contributed by atoms with Crippen molar-refractivity contribution in [2.75, 3.05) is 45.2 Å². The number of aryl methyl sites for hydroxylation is 1. The van der Waals surface area contributed by atoms with Crippen LogP contribution in [0, 0.1) is 5.82 Å². The van der Waals surface area contributed by atoms with Gasteiger partial charge in [0.25, 0.3) is 12.4 Å². The Kier molecular flexibility index (Phi) is 12.5. The van der Waals surface area contributed by atoms with Gasteiger partial charge < -0.3 is 45.4 Å². The average molecular weight is 702 g/mol. The number of hydrogen-bond donors (Lipinski definition) is 6. The minimum Gasteiger partial charge on any atom is -0.508 e. The zero-order valence-electron chi connectivity index (χ0n) is 28.5. The molecule has 51 heavy (non-hydrogen) atoms. The Labute approximate surface area is 296 Å². The minimum atomic E-state index is -1.02. The first-order valence-corrected chi connectivity index (χ1v) is 16.9. The number of aliphatic hydroxyl groups is 1. The Morgan fingerprint density at radius 3 is 2.49 bits per heavy atom. The molecular weight excluding hydrogens is 657 g/mol. The molecule has 4 aromatic rings. The van der Waals surface area contributed by atoms with E-state index in [0.29, 0.717) is 29.2 Å². The number of fused-ring (bicyclic) bond motifs is 1. The van der Waals surface area contributed by atoms with Crippen LogP contribution in [-0.2, 0) is 28.0 Å². The van der Waals surface area contributed by atoms with Crippen LogP contribution in [0.1, 0.15) is 53.2 Å². The highest BCUT2D eigenvalue weighted by atomic mass is 19.1. The van der Waals surface area contributed by atoms with Crippen molar-refractivity contribution in [1.82, 2.24) is 10.2 Å². The van der Waals surface area contributed by atoms with Crippen molar-refractivity contribution in [3.63, 3.8) is 0 Å². The Balaban J connectivity index is 0.00000162. The van der Waals surface area contributed by atoms with Gasteiger partial charge in [-0.1, -0.05) is 48.5 Å². The van der Waals surface area contributed by atoms with Crippen molar-refractivity contribution in [2.24, 2.45) is 0 Å². The second kappa shape index (κ2) is 17.2. The van der Waals surface area contributed by atoms with Gasteiger partial charge >= 0.3 is 0 Å². The van der Waals surface area contributed by atoms with Crippen LogP contribution >= 0.6 is 0 Å². The molecule has 0 spiro atoms. The summed E-state index contributed by atoms with van der Waals surface area (Å²) in [6.45, 7) is 2.12. The molecule has 11 nitrogen and oxygen atoms in total. The Bertz CT molecular complexity index is 1800. The number of nitrogens with zero attached hydrogens (tertiary/aromatic N) is 1. The zero-order valence-corrected chi connectivity index (χ0v) is 28.5. The lowest BCUT2D eigenvalue weighted by atomic mass is 9.67. The van der Waals surface area contributed by atoms with Gasteiger partial charge in [0.1, 0.15) is 28.8 Å². The molecule has 1 amide bonds. The number of carboxylic acid groups (broad SMARTS) is 1. The van der Waals surface area contributed by atoms with Gasteiger partial charge in [-0.3, -0.25) is 9.59 Å². The number of likely N-dealkylation sites (tertiary alicyclic amines) is 1. The lowest BCUT2D eigenvalue weighted by molar-refractivity contribution is -0.123. The number of amides is 1. The van der Waals surface area contributed by atoms with Crippen LogP contribution in [0.5, 0.6) is 23.0 Å². The molecular formula is C39H44FN3O8. The number of rotatable bonds is 12. The van der Waals surface area contributed by atoms with E-state index in [1.165, 1.54) is 23.8 Å². The average Bonchev–Trinajstić information content (AvgIpc) is 3.13. The van der Waals surface area contributed by atoms with E-state index in [4.69, 9.17) is 19.4 Å². The summed E-state index contributed by atoms with van der Waals surface area (Å²) < 4.78 is 26.3. The quantitative estimate of drug-likeness (QED) is 0.0665. The number of anilines is 1. The summed E-state index contributed by atoms with van der Waals surface area (Å²) in [6.07, 6.45) is 2.33. The number of phenols is 2. The number of piperidine rings is 1. The summed E-state index contributed by atoms with van der Waals surface area (Å²) in [5, 5.41) is 44.3. The number of aliphatic hydroxyl groups excluding tert-OH is 1. The summed E-state index contributed by atoms with van der Waals surface area (Å²) in [5.74, 6) is 0.0152. The molecule has 0 aliphatic carbocycles. The molecule has 0 saturated carbocycles. The third kappa shape index (κ3) is 8.95. The van der Waals surface area contributed by atoms with Crippen molar-refractivity contribution < 1.29 is 43.9 Å². The summed E-state index contributed by atoms with van der Waals surface area (Å²) >= 11 is 0. The van der Waals surface area contributed by atoms with E-state index in [-0.39, 0.29) is 48.8 Å². The summed E-state index contributed by atoms with van der Waals surface area (Å²) in [7, 11) is 2.14. The van der Waals surface area contributed by atoms with Crippen molar-refractivity contribution in [2.45, 2.75) is 43.7 Å². The SMILES string of the molecule is CN1CCC(c2ccccc2)(c2cc(CCCOc3ccc(CNC[C@H](O)c4ccc(O)c5c4OCC(=O)N5)c(F)c3)ccc2O)CC1.O=CO. The minimum absolute atomic E-state index is 0.0920. The molecule has 6 N–H and O–H groups in total. The molecule has 12 heteroatoms. The first-order valence-electron chi connectivity index (χ1n) is 16.9. The number of phenolic OH excluding ortho intramolecular Hbond substituents is 2. The number of nitrogens with one attached hydrogen (secondary N) is 2. The molecule has 0 bridgehead atoms. The van der Waals surface area contributed by atoms with Crippen LogP contribution in [0.2, 0.25) is 0 Å². The number of carbonyl (C=O) groups is 2. The largest absolute Gasteiger partial charge is 0.508 e. The lowest BCUT2D eigenvalue weighted by Crippen LogP contribution is -2.41. The fraction of sp³-hybridized carbons (Fsp3) is 0.333. The number of carbonyl (C=O) groups excluding carboxylic acids is 1. The highest BCUT2D eigenvalue weighted by molar-refractivity contribution is 5.97. The molecule has 4 aromatic carbocycles. The maximum atomic E-state index is 14.9. The van der Waals surface area contributed by atoms with Crippen molar-refractivity contribution in [3.05, 3.63) is 112 Å². The van der Waals surface area contributed by atoms with Gasteiger partial charge in [0, 0.05) is 41.3 Å². The van der Waals surface area contributed by atoms with Crippen molar-refractivity contribution in [3.8, 4) is 23.0 Å². The van der Waals surface area contributed by atoms with Gasteiger partial charge in [-0.15, -0.1) is 0 Å². The van der Waals surface area contributed by atoms with Gasteiger partial charge in [-0.2, -0.15) is 0 Å². The van der Waals surface area contributed by atoms with Gasteiger partial charge in [-0.25, -0.2) is 4.39 Å². The summed E-state index contributed by atoms with van der Waals surface area (Å²) in [4.78, 5) is 22.3. The van der Waals surface area contributed by atoms with Crippen LogP contribution in [0.3, 0.4) is 0 Å².